The average Bonchev–Trinajstić information content (AvgIpc) is 2.36. The number of nitrogens with zero attached hydrogens (tertiary/aromatic N) is 1. The van der Waals surface area contributed by atoms with Crippen LogP contribution in [0.1, 0.15) is 12.0 Å². The van der Waals surface area contributed by atoms with Gasteiger partial charge in [0.25, 0.3) is 0 Å². The Hall–Kier alpha value is -2.08. The van der Waals surface area contributed by atoms with E-state index in [0.29, 0.717) is 12.3 Å². The zero-order valence-electron chi connectivity index (χ0n) is 10.9. The predicted molar refractivity (Wildman–Crippen MR) is 68.1 cm³/mol. The molecule has 2 N–H and O–H groups in total. The molecule has 0 saturated heterocycles. The van der Waals surface area contributed by atoms with Crippen LogP contribution in [0.15, 0.2) is 24.3 Å². The molecule has 6 nitrogen and oxygen atoms in total. The summed E-state index contributed by atoms with van der Waals surface area (Å²) >= 11 is 0. The van der Waals surface area contributed by atoms with Gasteiger partial charge < -0.3 is 14.9 Å². The van der Waals surface area contributed by atoms with E-state index in [1.165, 1.54) is 4.90 Å². The molecule has 19 heavy (non-hydrogen) atoms. The Labute approximate surface area is 111 Å². The molecule has 0 saturated carbocycles. The van der Waals surface area contributed by atoms with Crippen molar-refractivity contribution in [1.82, 2.24) is 4.90 Å². The first-order chi connectivity index (χ1) is 8.93. The summed E-state index contributed by atoms with van der Waals surface area (Å²) in [5.74, 6) is -1.56. The Morgan fingerprint density at radius 1 is 1.26 bits per heavy atom. The van der Waals surface area contributed by atoms with Crippen molar-refractivity contribution in [1.29, 1.82) is 0 Å². The third-order valence-electron chi connectivity index (χ3n) is 2.78. The zero-order chi connectivity index (χ0) is 14.4. The van der Waals surface area contributed by atoms with Gasteiger partial charge in [-0.25, -0.2) is 0 Å². The molecule has 1 rings (SSSR count). The van der Waals surface area contributed by atoms with Crippen molar-refractivity contribution in [3.8, 4) is 5.75 Å². The van der Waals surface area contributed by atoms with E-state index < -0.39 is 24.4 Å². The summed E-state index contributed by atoms with van der Waals surface area (Å²) in [6.07, 6.45) is -0.429. The molecule has 1 aromatic rings. The fourth-order valence-corrected chi connectivity index (χ4v) is 1.73. The van der Waals surface area contributed by atoms with Crippen LogP contribution in [0.3, 0.4) is 0 Å². The normalized spacial score (nSPS) is 12.2. The standard InChI is InChI=1S/C13H17NO5/c1-14(11(13(17)18)7-12(15)16)8-9-3-5-10(19-2)6-4-9/h3-6,11H,7-8H2,1-2H3,(H,15,16)(H,17,18). The highest BCUT2D eigenvalue weighted by molar-refractivity contribution is 5.80. The van der Waals surface area contributed by atoms with Gasteiger partial charge in [0.2, 0.25) is 0 Å². The van der Waals surface area contributed by atoms with Crippen molar-refractivity contribution < 1.29 is 24.5 Å². The third kappa shape index (κ3) is 4.59. The van der Waals surface area contributed by atoms with Gasteiger partial charge in [-0.15, -0.1) is 0 Å². The Kier molecular flexibility index (Phi) is 5.32. The van der Waals surface area contributed by atoms with Crippen LogP contribution in [0.5, 0.6) is 5.75 Å². The number of hydrogen-bond donors (Lipinski definition) is 2. The second-order valence-corrected chi connectivity index (χ2v) is 4.22. The SMILES string of the molecule is COc1ccc(CN(C)C(CC(=O)O)C(=O)O)cc1. The first kappa shape index (κ1) is 15.0. The number of aliphatic carboxylic acids is 2. The lowest BCUT2D eigenvalue weighted by molar-refractivity contribution is -0.149. The molecule has 0 spiro atoms. The number of ether oxygens (including phenoxy) is 1. The Bertz CT molecular complexity index is 443. The molecule has 0 fully saturated rings. The quantitative estimate of drug-likeness (QED) is 0.768. The van der Waals surface area contributed by atoms with Gasteiger partial charge in [0.15, 0.2) is 0 Å². The van der Waals surface area contributed by atoms with E-state index in [1.54, 1.807) is 26.3 Å². The molecule has 1 unspecified atom stereocenters. The highest BCUT2D eigenvalue weighted by Gasteiger charge is 2.25. The summed E-state index contributed by atoms with van der Waals surface area (Å²) in [7, 11) is 3.15. The molecule has 0 bridgehead atoms. The average molecular weight is 267 g/mol. The maximum atomic E-state index is 11.0. The lowest BCUT2D eigenvalue weighted by Gasteiger charge is -2.23. The van der Waals surface area contributed by atoms with Crippen molar-refractivity contribution >= 4 is 11.9 Å². The molecule has 1 atom stereocenters. The summed E-state index contributed by atoms with van der Waals surface area (Å²) in [6, 6.07) is 6.13. The number of likely N-dealkylation sites (N-methyl/N-ethyl adjacent to an activating group) is 1. The highest BCUT2D eigenvalue weighted by atomic mass is 16.5. The van der Waals surface area contributed by atoms with Gasteiger partial charge in [0.1, 0.15) is 11.8 Å². The molecule has 104 valence electrons. The number of carboxylic acids is 2. The molecule has 0 aliphatic rings. The molecule has 0 heterocycles. The Morgan fingerprint density at radius 2 is 1.84 bits per heavy atom. The Balaban J connectivity index is 2.71. The predicted octanol–water partition coefficient (Wildman–Crippen LogP) is 1.05. The molecular weight excluding hydrogens is 250 g/mol. The van der Waals surface area contributed by atoms with Crippen LogP contribution in [0.2, 0.25) is 0 Å². The summed E-state index contributed by atoms with van der Waals surface area (Å²) in [5, 5.41) is 17.7. The first-order valence-electron chi connectivity index (χ1n) is 5.71. The maximum Gasteiger partial charge on any atom is 0.321 e. The van der Waals surface area contributed by atoms with Gasteiger partial charge in [-0.1, -0.05) is 12.1 Å². The number of carboxylic acid groups (broad SMARTS) is 2. The van der Waals surface area contributed by atoms with Gasteiger partial charge >= 0.3 is 11.9 Å². The molecule has 1 aromatic carbocycles. The lowest BCUT2D eigenvalue weighted by Crippen LogP contribution is -2.39. The van der Waals surface area contributed by atoms with E-state index in [1.807, 2.05) is 12.1 Å². The second-order valence-electron chi connectivity index (χ2n) is 4.22. The minimum absolute atomic E-state index is 0.355. The molecule has 6 heteroatoms. The van der Waals surface area contributed by atoms with Gasteiger partial charge in [-0.2, -0.15) is 0 Å². The molecule has 0 aliphatic carbocycles. The Morgan fingerprint density at radius 3 is 2.26 bits per heavy atom. The molecule has 0 aliphatic heterocycles. The van der Waals surface area contributed by atoms with Crippen LogP contribution in [0.25, 0.3) is 0 Å². The van der Waals surface area contributed by atoms with Crippen LogP contribution >= 0.6 is 0 Å². The summed E-state index contributed by atoms with van der Waals surface area (Å²) in [4.78, 5) is 23.2. The van der Waals surface area contributed by atoms with Gasteiger partial charge in [-0.3, -0.25) is 14.5 Å². The smallest absolute Gasteiger partial charge is 0.321 e. The van der Waals surface area contributed by atoms with Crippen molar-refractivity contribution in [2.45, 2.75) is 19.0 Å². The van der Waals surface area contributed by atoms with Gasteiger partial charge in [0, 0.05) is 6.54 Å². The fraction of sp³-hybridized carbons (Fsp3) is 0.385. The van der Waals surface area contributed by atoms with Crippen LogP contribution < -0.4 is 4.74 Å². The molecule has 0 amide bonds. The van der Waals surface area contributed by atoms with Crippen molar-refractivity contribution in [2.75, 3.05) is 14.2 Å². The molecule has 0 radical (unpaired) electrons. The van der Waals surface area contributed by atoms with E-state index in [2.05, 4.69) is 0 Å². The van der Waals surface area contributed by atoms with Gasteiger partial charge in [0.05, 0.1) is 13.5 Å². The first-order valence-corrected chi connectivity index (χ1v) is 5.71. The van der Waals surface area contributed by atoms with E-state index in [9.17, 15) is 9.59 Å². The maximum absolute atomic E-state index is 11.0. The van der Waals surface area contributed by atoms with Crippen molar-refractivity contribution in [2.24, 2.45) is 0 Å². The summed E-state index contributed by atoms with van der Waals surface area (Å²) in [5.41, 5.74) is 0.889. The number of benzene rings is 1. The summed E-state index contributed by atoms with van der Waals surface area (Å²) in [6.45, 7) is 0.355. The number of carbonyl (C=O) groups is 2. The minimum Gasteiger partial charge on any atom is -0.497 e. The molecule has 0 aromatic heterocycles. The van der Waals surface area contributed by atoms with Crippen molar-refractivity contribution in [3.05, 3.63) is 29.8 Å². The minimum atomic E-state index is -1.14. The third-order valence-corrected chi connectivity index (χ3v) is 2.78. The zero-order valence-corrected chi connectivity index (χ0v) is 10.9. The van der Waals surface area contributed by atoms with Crippen molar-refractivity contribution in [3.63, 3.8) is 0 Å². The topological polar surface area (TPSA) is 87.1 Å². The fourth-order valence-electron chi connectivity index (χ4n) is 1.73. The van der Waals surface area contributed by atoms with E-state index in [4.69, 9.17) is 14.9 Å². The largest absolute Gasteiger partial charge is 0.497 e. The summed E-state index contributed by atoms with van der Waals surface area (Å²) < 4.78 is 5.03. The number of methoxy groups -OCH3 is 1. The lowest BCUT2D eigenvalue weighted by atomic mass is 10.1. The van der Waals surface area contributed by atoms with E-state index in [-0.39, 0.29) is 0 Å². The monoisotopic (exact) mass is 267 g/mol. The van der Waals surface area contributed by atoms with Crippen LogP contribution in [-0.2, 0) is 16.1 Å². The highest BCUT2D eigenvalue weighted by Crippen LogP contribution is 2.14. The van der Waals surface area contributed by atoms with Crippen LogP contribution in [-0.4, -0.2) is 47.3 Å². The number of hydrogen-bond acceptors (Lipinski definition) is 4. The molecular formula is C13H17NO5. The van der Waals surface area contributed by atoms with Crippen LogP contribution in [0.4, 0.5) is 0 Å². The van der Waals surface area contributed by atoms with Crippen LogP contribution in [0, 0.1) is 0 Å². The van der Waals surface area contributed by atoms with Gasteiger partial charge in [-0.05, 0) is 24.7 Å². The number of rotatable bonds is 7. The van der Waals surface area contributed by atoms with E-state index in [0.717, 1.165) is 5.56 Å². The second kappa shape index (κ2) is 6.75. The van der Waals surface area contributed by atoms with E-state index >= 15 is 0 Å².